The van der Waals surface area contributed by atoms with Gasteiger partial charge in [-0.1, -0.05) is 81.4 Å². The second-order valence-corrected chi connectivity index (χ2v) is 10.4. The Kier molecular flexibility index (Phi) is 7.30. The Morgan fingerprint density at radius 3 is 2.24 bits per heavy atom. The Labute approximate surface area is 203 Å². The normalized spacial score (nSPS) is 14.7. The van der Waals surface area contributed by atoms with E-state index >= 15 is 0 Å². The van der Waals surface area contributed by atoms with E-state index in [1.54, 1.807) is 0 Å². The summed E-state index contributed by atoms with van der Waals surface area (Å²) in [5.41, 5.74) is 4.45. The predicted molar refractivity (Wildman–Crippen MR) is 139 cm³/mol. The minimum Gasteiger partial charge on any atom is -0.354 e. The molecule has 2 aromatic carbocycles. The largest absolute Gasteiger partial charge is 0.354 e. The molecule has 5 heteroatoms. The maximum absolute atomic E-state index is 12.9. The first-order chi connectivity index (χ1) is 16.3. The van der Waals surface area contributed by atoms with Gasteiger partial charge in [-0.25, -0.2) is 9.97 Å². The van der Waals surface area contributed by atoms with E-state index in [0.29, 0.717) is 6.42 Å². The van der Waals surface area contributed by atoms with Crippen LogP contribution in [0.4, 0.5) is 5.82 Å². The third-order valence-electron chi connectivity index (χ3n) is 6.28. The van der Waals surface area contributed by atoms with E-state index in [2.05, 4.69) is 69.0 Å². The van der Waals surface area contributed by atoms with E-state index in [9.17, 15) is 4.79 Å². The molecule has 0 bridgehead atoms. The fourth-order valence-electron chi connectivity index (χ4n) is 4.51. The van der Waals surface area contributed by atoms with Gasteiger partial charge in [0, 0.05) is 55.8 Å². The van der Waals surface area contributed by atoms with Crippen LogP contribution in [0.1, 0.15) is 50.4 Å². The van der Waals surface area contributed by atoms with Crippen LogP contribution in [0.3, 0.4) is 0 Å². The van der Waals surface area contributed by atoms with Crippen molar-refractivity contribution in [3.05, 3.63) is 77.5 Å². The molecule has 1 aromatic heterocycles. The van der Waals surface area contributed by atoms with Gasteiger partial charge in [0.15, 0.2) is 5.82 Å². The van der Waals surface area contributed by atoms with Crippen LogP contribution < -0.4 is 4.90 Å². The number of aryl methyl sites for hydroxylation is 1. The van der Waals surface area contributed by atoms with Crippen molar-refractivity contribution in [2.75, 3.05) is 31.1 Å². The third-order valence-corrected chi connectivity index (χ3v) is 6.28. The van der Waals surface area contributed by atoms with Crippen molar-refractivity contribution in [1.82, 2.24) is 14.9 Å². The first-order valence-corrected chi connectivity index (χ1v) is 12.3. The lowest BCUT2D eigenvalue weighted by molar-refractivity contribution is -0.132. The fourth-order valence-corrected chi connectivity index (χ4v) is 4.51. The van der Waals surface area contributed by atoms with Crippen molar-refractivity contribution in [3.63, 3.8) is 0 Å². The minimum atomic E-state index is 0.000278. The smallest absolute Gasteiger partial charge is 0.223 e. The van der Waals surface area contributed by atoms with Crippen LogP contribution in [0.15, 0.2) is 60.7 Å². The maximum Gasteiger partial charge on any atom is 0.223 e. The van der Waals surface area contributed by atoms with Crippen LogP contribution in [-0.4, -0.2) is 47.0 Å². The van der Waals surface area contributed by atoms with E-state index in [1.807, 2.05) is 29.2 Å². The lowest BCUT2D eigenvalue weighted by atomic mass is 9.91. The summed E-state index contributed by atoms with van der Waals surface area (Å²) in [5.74, 6) is 2.01. The molecule has 0 N–H and O–H groups in total. The lowest BCUT2D eigenvalue weighted by Gasteiger charge is -2.27. The minimum absolute atomic E-state index is 0.000278. The SMILES string of the molecule is Cc1nc(-c2ccccc2)nc(N2CCCN(C(=O)CC(C)(C)C)CC2)c1Cc1ccccc1. The van der Waals surface area contributed by atoms with Gasteiger partial charge in [0.1, 0.15) is 5.82 Å². The molecule has 1 aliphatic rings. The van der Waals surface area contributed by atoms with Crippen LogP contribution in [0.25, 0.3) is 11.4 Å². The second-order valence-electron chi connectivity index (χ2n) is 10.4. The maximum atomic E-state index is 12.9. The molecule has 0 atom stereocenters. The highest BCUT2D eigenvalue weighted by atomic mass is 16.2. The van der Waals surface area contributed by atoms with E-state index < -0.39 is 0 Å². The van der Waals surface area contributed by atoms with Gasteiger partial charge in [-0.15, -0.1) is 0 Å². The predicted octanol–water partition coefficient (Wildman–Crippen LogP) is 5.52. The topological polar surface area (TPSA) is 49.3 Å². The summed E-state index contributed by atoms with van der Waals surface area (Å²) in [4.78, 5) is 27.3. The fraction of sp³-hybridized carbons (Fsp3) is 0.414. The standard InChI is InChI=1S/C29H36N4O/c1-22-25(20-23-12-7-5-8-13-23)28(31-27(30-22)24-14-9-6-10-15-24)33-17-11-16-32(18-19-33)26(34)21-29(2,3)4/h5-10,12-15H,11,16-21H2,1-4H3. The molecule has 178 valence electrons. The summed E-state index contributed by atoms with van der Waals surface area (Å²) >= 11 is 0. The average Bonchev–Trinajstić information content (AvgIpc) is 3.07. The summed E-state index contributed by atoms with van der Waals surface area (Å²) in [6, 6.07) is 20.7. The van der Waals surface area contributed by atoms with Crippen molar-refractivity contribution >= 4 is 11.7 Å². The molecule has 1 saturated heterocycles. The number of hydrogen-bond donors (Lipinski definition) is 0. The van der Waals surface area contributed by atoms with Gasteiger partial charge < -0.3 is 9.80 Å². The van der Waals surface area contributed by atoms with Crippen molar-refractivity contribution < 1.29 is 4.79 Å². The molecule has 5 nitrogen and oxygen atoms in total. The highest BCUT2D eigenvalue weighted by molar-refractivity contribution is 5.77. The zero-order valence-corrected chi connectivity index (χ0v) is 20.9. The van der Waals surface area contributed by atoms with E-state index in [0.717, 1.165) is 61.9 Å². The van der Waals surface area contributed by atoms with Gasteiger partial charge in [-0.2, -0.15) is 0 Å². The number of nitrogens with zero attached hydrogens (tertiary/aromatic N) is 4. The van der Waals surface area contributed by atoms with E-state index in [1.165, 1.54) is 11.1 Å². The van der Waals surface area contributed by atoms with Crippen LogP contribution in [-0.2, 0) is 11.2 Å². The Morgan fingerprint density at radius 2 is 1.56 bits per heavy atom. The Balaban J connectivity index is 1.65. The van der Waals surface area contributed by atoms with Crippen molar-refractivity contribution in [2.45, 2.75) is 47.0 Å². The Bertz CT molecular complexity index is 1110. The Morgan fingerprint density at radius 1 is 0.882 bits per heavy atom. The van der Waals surface area contributed by atoms with Gasteiger partial charge in [0.2, 0.25) is 5.91 Å². The first-order valence-electron chi connectivity index (χ1n) is 12.3. The Hall–Kier alpha value is -3.21. The number of amides is 1. The molecule has 1 amide bonds. The molecule has 0 aliphatic carbocycles. The van der Waals surface area contributed by atoms with Gasteiger partial charge in [0.05, 0.1) is 0 Å². The van der Waals surface area contributed by atoms with Crippen LogP contribution in [0, 0.1) is 12.3 Å². The molecular formula is C29H36N4O. The second kappa shape index (κ2) is 10.4. The number of anilines is 1. The molecule has 0 spiro atoms. The zero-order valence-electron chi connectivity index (χ0n) is 20.9. The van der Waals surface area contributed by atoms with Crippen molar-refractivity contribution in [1.29, 1.82) is 0 Å². The highest BCUT2D eigenvalue weighted by Crippen LogP contribution is 2.29. The molecule has 0 radical (unpaired) electrons. The number of benzene rings is 2. The number of hydrogen-bond acceptors (Lipinski definition) is 4. The molecule has 0 unspecified atom stereocenters. The average molecular weight is 457 g/mol. The quantitative estimate of drug-likeness (QED) is 0.507. The highest BCUT2D eigenvalue weighted by Gasteiger charge is 2.26. The third kappa shape index (κ3) is 6.02. The van der Waals surface area contributed by atoms with E-state index in [-0.39, 0.29) is 11.3 Å². The lowest BCUT2D eigenvalue weighted by Crippen LogP contribution is -2.37. The summed E-state index contributed by atoms with van der Waals surface area (Å²) < 4.78 is 0. The summed E-state index contributed by atoms with van der Waals surface area (Å²) in [6.45, 7) is 11.7. The number of aromatic nitrogens is 2. The molecule has 3 aromatic rings. The summed E-state index contributed by atoms with van der Waals surface area (Å²) in [6.07, 6.45) is 2.31. The molecule has 4 rings (SSSR count). The van der Waals surface area contributed by atoms with Gasteiger partial charge >= 0.3 is 0 Å². The van der Waals surface area contributed by atoms with Gasteiger partial charge in [-0.3, -0.25) is 4.79 Å². The van der Waals surface area contributed by atoms with Crippen molar-refractivity contribution in [3.8, 4) is 11.4 Å². The van der Waals surface area contributed by atoms with Crippen LogP contribution in [0.2, 0.25) is 0 Å². The summed E-state index contributed by atoms with van der Waals surface area (Å²) in [5, 5.41) is 0. The van der Waals surface area contributed by atoms with E-state index in [4.69, 9.17) is 9.97 Å². The van der Waals surface area contributed by atoms with Gasteiger partial charge in [-0.05, 0) is 24.3 Å². The summed E-state index contributed by atoms with van der Waals surface area (Å²) in [7, 11) is 0. The number of carbonyl (C=O) groups is 1. The monoisotopic (exact) mass is 456 g/mol. The first kappa shape index (κ1) is 23.9. The zero-order chi connectivity index (χ0) is 24.1. The molecule has 1 fully saturated rings. The van der Waals surface area contributed by atoms with Gasteiger partial charge in [0.25, 0.3) is 0 Å². The molecule has 2 heterocycles. The number of rotatable bonds is 5. The molecule has 34 heavy (non-hydrogen) atoms. The molecule has 1 aliphatic heterocycles. The molecule has 0 saturated carbocycles. The van der Waals surface area contributed by atoms with Crippen LogP contribution >= 0.6 is 0 Å². The molecular weight excluding hydrogens is 420 g/mol. The van der Waals surface area contributed by atoms with Crippen molar-refractivity contribution in [2.24, 2.45) is 5.41 Å². The van der Waals surface area contributed by atoms with Crippen LogP contribution in [0.5, 0.6) is 0 Å². The number of carbonyl (C=O) groups excluding carboxylic acids is 1.